The van der Waals surface area contributed by atoms with Crippen LogP contribution in [0.5, 0.6) is 0 Å². The molecule has 0 fully saturated rings. The van der Waals surface area contributed by atoms with Crippen LogP contribution in [-0.4, -0.2) is 28.8 Å². The Morgan fingerprint density at radius 1 is 1.35 bits per heavy atom. The Kier molecular flexibility index (Phi) is 6.37. The molecule has 0 saturated carbocycles. The Morgan fingerprint density at radius 2 is 2.00 bits per heavy atom. The van der Waals surface area contributed by atoms with Crippen molar-refractivity contribution in [3.8, 4) is 0 Å². The van der Waals surface area contributed by atoms with Gasteiger partial charge in [-0.1, -0.05) is 12.1 Å². The molecule has 0 aliphatic carbocycles. The second-order valence-corrected chi connectivity index (χ2v) is 5.87. The highest BCUT2D eigenvalue weighted by Gasteiger charge is 2.03. The molecule has 4 heteroatoms. The van der Waals surface area contributed by atoms with Crippen LogP contribution in [-0.2, 0) is 17.2 Å². The van der Waals surface area contributed by atoms with Gasteiger partial charge in [-0.2, -0.15) is 0 Å². The van der Waals surface area contributed by atoms with E-state index in [0.717, 1.165) is 30.7 Å². The van der Waals surface area contributed by atoms with Crippen molar-refractivity contribution < 1.29 is 8.60 Å². The van der Waals surface area contributed by atoms with Gasteiger partial charge in [-0.15, -0.1) is 0 Å². The smallest absolute Gasteiger partial charge is 0.123 e. The van der Waals surface area contributed by atoms with Crippen LogP contribution in [0, 0.1) is 5.82 Å². The molecule has 0 spiro atoms. The highest BCUT2D eigenvalue weighted by molar-refractivity contribution is 7.84. The van der Waals surface area contributed by atoms with Gasteiger partial charge < -0.3 is 5.32 Å². The van der Waals surface area contributed by atoms with Crippen molar-refractivity contribution in [2.45, 2.75) is 25.8 Å². The average molecular weight is 257 g/mol. The van der Waals surface area contributed by atoms with Crippen LogP contribution in [0.3, 0.4) is 0 Å². The Labute approximate surface area is 105 Å². The van der Waals surface area contributed by atoms with Gasteiger partial charge in [0.25, 0.3) is 0 Å². The maximum atomic E-state index is 12.7. The van der Waals surface area contributed by atoms with E-state index < -0.39 is 10.8 Å². The Bertz CT molecular complexity index is 353. The van der Waals surface area contributed by atoms with Crippen LogP contribution in [0.4, 0.5) is 4.39 Å². The first-order chi connectivity index (χ1) is 8.08. The molecule has 17 heavy (non-hydrogen) atoms. The average Bonchev–Trinajstić information content (AvgIpc) is 2.27. The lowest BCUT2D eigenvalue weighted by atomic mass is 10.1. The maximum absolute atomic E-state index is 12.7. The zero-order chi connectivity index (χ0) is 12.7. The molecule has 1 aromatic carbocycles. The minimum absolute atomic E-state index is 0.195. The van der Waals surface area contributed by atoms with Crippen molar-refractivity contribution >= 4 is 10.8 Å². The molecule has 0 bridgehead atoms. The largest absolute Gasteiger partial charge is 0.314 e. The fourth-order valence-corrected chi connectivity index (χ4v) is 2.22. The van der Waals surface area contributed by atoms with Crippen molar-refractivity contribution in [3.05, 3.63) is 35.6 Å². The third-order valence-corrected chi connectivity index (χ3v) is 3.42. The predicted octanol–water partition coefficient (Wildman–Crippen LogP) is 2.11. The summed E-state index contributed by atoms with van der Waals surface area (Å²) in [7, 11) is -0.703. The molecule has 1 rings (SSSR count). The van der Waals surface area contributed by atoms with Crippen LogP contribution >= 0.6 is 0 Å². The second-order valence-electron chi connectivity index (χ2n) is 4.32. The molecule has 0 saturated heterocycles. The van der Waals surface area contributed by atoms with Gasteiger partial charge in [0.15, 0.2) is 0 Å². The third-order valence-electron chi connectivity index (χ3n) is 2.56. The molecule has 0 heterocycles. The van der Waals surface area contributed by atoms with Gasteiger partial charge >= 0.3 is 0 Å². The van der Waals surface area contributed by atoms with Gasteiger partial charge in [-0.05, 0) is 44.0 Å². The van der Waals surface area contributed by atoms with E-state index in [-0.39, 0.29) is 5.82 Å². The Hall–Kier alpha value is -0.740. The molecule has 0 aromatic heterocycles. The summed E-state index contributed by atoms with van der Waals surface area (Å²) in [5, 5.41) is 3.37. The van der Waals surface area contributed by atoms with Crippen LogP contribution in [0.2, 0.25) is 0 Å². The molecule has 2 nitrogen and oxygen atoms in total. The summed E-state index contributed by atoms with van der Waals surface area (Å²) in [6, 6.07) is 6.96. The fraction of sp³-hybridized carbons (Fsp3) is 0.538. The summed E-state index contributed by atoms with van der Waals surface area (Å²) in [4.78, 5) is 0. The van der Waals surface area contributed by atoms with Crippen LogP contribution in [0.1, 0.15) is 18.9 Å². The van der Waals surface area contributed by atoms with Crippen molar-refractivity contribution in [1.29, 1.82) is 0 Å². The molecule has 0 radical (unpaired) electrons. The van der Waals surface area contributed by atoms with E-state index in [1.54, 1.807) is 6.26 Å². The molecule has 2 atom stereocenters. The number of rotatable bonds is 7. The topological polar surface area (TPSA) is 29.1 Å². The lowest BCUT2D eigenvalue weighted by molar-refractivity contribution is 0.543. The molecule has 1 aromatic rings. The minimum Gasteiger partial charge on any atom is -0.314 e. The van der Waals surface area contributed by atoms with E-state index in [2.05, 4.69) is 12.2 Å². The number of benzene rings is 1. The summed E-state index contributed by atoms with van der Waals surface area (Å²) in [5.41, 5.74) is 1.13. The molecule has 0 aliphatic rings. The van der Waals surface area contributed by atoms with Gasteiger partial charge in [-0.25, -0.2) is 4.39 Å². The second kappa shape index (κ2) is 7.56. The first kappa shape index (κ1) is 14.3. The van der Waals surface area contributed by atoms with Gasteiger partial charge in [-0.3, -0.25) is 4.21 Å². The molecular formula is C13H20FNOS. The van der Waals surface area contributed by atoms with Gasteiger partial charge in [0, 0.05) is 28.9 Å². The zero-order valence-electron chi connectivity index (χ0n) is 10.4. The first-order valence-electron chi connectivity index (χ1n) is 5.86. The van der Waals surface area contributed by atoms with E-state index in [4.69, 9.17) is 0 Å². The third kappa shape index (κ3) is 6.54. The van der Waals surface area contributed by atoms with Crippen LogP contribution in [0.25, 0.3) is 0 Å². The number of halogens is 1. The summed E-state index contributed by atoms with van der Waals surface area (Å²) in [6.45, 7) is 2.98. The van der Waals surface area contributed by atoms with Crippen molar-refractivity contribution in [1.82, 2.24) is 5.32 Å². The standard InChI is InChI=1S/C13H20FNOS/c1-11(15-8-3-9-17(2)16)10-12-4-6-13(14)7-5-12/h4-7,11,15H,3,8-10H2,1-2H3. The predicted molar refractivity (Wildman–Crippen MR) is 71.1 cm³/mol. The lowest BCUT2D eigenvalue weighted by Gasteiger charge is -2.13. The molecule has 2 unspecified atom stereocenters. The lowest BCUT2D eigenvalue weighted by Crippen LogP contribution is -2.29. The maximum Gasteiger partial charge on any atom is 0.123 e. The first-order valence-corrected chi connectivity index (χ1v) is 7.58. The number of hydrogen-bond acceptors (Lipinski definition) is 2. The monoisotopic (exact) mass is 257 g/mol. The number of nitrogens with one attached hydrogen (secondary N) is 1. The minimum atomic E-state index is -0.703. The van der Waals surface area contributed by atoms with E-state index in [9.17, 15) is 8.60 Å². The van der Waals surface area contributed by atoms with Crippen LogP contribution < -0.4 is 5.32 Å². The summed E-state index contributed by atoms with van der Waals surface area (Å²) >= 11 is 0. The fourth-order valence-electron chi connectivity index (χ4n) is 1.67. The molecule has 0 aliphatic heterocycles. The van der Waals surface area contributed by atoms with Gasteiger partial charge in [0.1, 0.15) is 5.82 Å². The van der Waals surface area contributed by atoms with Crippen LogP contribution in [0.15, 0.2) is 24.3 Å². The zero-order valence-corrected chi connectivity index (χ0v) is 11.2. The highest BCUT2D eigenvalue weighted by Crippen LogP contribution is 2.05. The van der Waals surface area contributed by atoms with Crippen molar-refractivity contribution in [2.75, 3.05) is 18.6 Å². The number of hydrogen-bond donors (Lipinski definition) is 1. The molecule has 0 amide bonds. The summed E-state index contributed by atoms with van der Waals surface area (Å²) < 4.78 is 23.6. The Balaban J connectivity index is 2.22. The van der Waals surface area contributed by atoms with E-state index in [1.807, 2.05) is 12.1 Å². The summed E-state index contributed by atoms with van der Waals surface area (Å²) in [6.07, 6.45) is 3.54. The summed E-state index contributed by atoms with van der Waals surface area (Å²) in [5.74, 6) is 0.552. The van der Waals surface area contributed by atoms with E-state index >= 15 is 0 Å². The van der Waals surface area contributed by atoms with E-state index in [1.165, 1.54) is 12.1 Å². The Morgan fingerprint density at radius 3 is 2.59 bits per heavy atom. The quantitative estimate of drug-likeness (QED) is 0.758. The van der Waals surface area contributed by atoms with Crippen molar-refractivity contribution in [3.63, 3.8) is 0 Å². The molecule has 96 valence electrons. The highest BCUT2D eigenvalue weighted by atomic mass is 32.2. The molecular weight excluding hydrogens is 237 g/mol. The van der Waals surface area contributed by atoms with Crippen molar-refractivity contribution in [2.24, 2.45) is 0 Å². The van der Waals surface area contributed by atoms with Gasteiger partial charge in [0.05, 0.1) is 0 Å². The normalized spacial score (nSPS) is 14.5. The molecule has 1 N–H and O–H groups in total. The van der Waals surface area contributed by atoms with Gasteiger partial charge in [0.2, 0.25) is 0 Å². The SMILES string of the molecule is CC(Cc1ccc(F)cc1)NCCCS(C)=O. The van der Waals surface area contributed by atoms with E-state index in [0.29, 0.717) is 6.04 Å².